The highest BCUT2D eigenvalue weighted by atomic mass is 35.5. The summed E-state index contributed by atoms with van der Waals surface area (Å²) in [6.07, 6.45) is 2.75. The van der Waals surface area contributed by atoms with Crippen LogP contribution in [0.15, 0.2) is 18.2 Å². The number of hydrogen-bond donors (Lipinski definition) is 3. The summed E-state index contributed by atoms with van der Waals surface area (Å²) >= 11 is 6.09. The van der Waals surface area contributed by atoms with Crippen LogP contribution in [0.2, 0.25) is 5.02 Å². The lowest BCUT2D eigenvalue weighted by Crippen LogP contribution is -2.32. The second-order valence-electron chi connectivity index (χ2n) is 6.09. The molecular formula is C17H25Cl2N3O2. The lowest BCUT2D eigenvalue weighted by molar-refractivity contribution is -0.117. The monoisotopic (exact) mass is 373 g/mol. The van der Waals surface area contributed by atoms with Gasteiger partial charge in [0.25, 0.3) is 5.91 Å². The molecule has 1 aromatic rings. The van der Waals surface area contributed by atoms with E-state index < -0.39 is 0 Å². The Labute approximate surface area is 154 Å². The van der Waals surface area contributed by atoms with Crippen LogP contribution >= 0.6 is 24.0 Å². The van der Waals surface area contributed by atoms with E-state index in [9.17, 15) is 9.59 Å². The van der Waals surface area contributed by atoms with E-state index in [0.29, 0.717) is 34.5 Å². The Bertz CT molecular complexity index is 575. The van der Waals surface area contributed by atoms with E-state index in [1.807, 2.05) is 0 Å². The number of piperidine rings is 1. The molecule has 0 aromatic heterocycles. The molecule has 3 N–H and O–H groups in total. The summed E-state index contributed by atoms with van der Waals surface area (Å²) in [5.74, 6) is 0.700. The van der Waals surface area contributed by atoms with Crippen LogP contribution in [0.1, 0.15) is 36.5 Å². The van der Waals surface area contributed by atoms with Crippen molar-refractivity contribution >= 4 is 41.5 Å². The van der Waals surface area contributed by atoms with E-state index in [0.717, 1.165) is 25.9 Å². The van der Waals surface area contributed by atoms with Gasteiger partial charge in [-0.15, -0.1) is 12.4 Å². The van der Waals surface area contributed by atoms with Crippen molar-refractivity contribution in [3.8, 4) is 0 Å². The van der Waals surface area contributed by atoms with Gasteiger partial charge < -0.3 is 16.0 Å². The topological polar surface area (TPSA) is 70.2 Å². The summed E-state index contributed by atoms with van der Waals surface area (Å²) < 4.78 is 0. The van der Waals surface area contributed by atoms with Gasteiger partial charge in [-0.1, -0.05) is 18.5 Å². The Kier molecular flexibility index (Phi) is 8.53. The number of halogens is 2. The quantitative estimate of drug-likeness (QED) is 0.742. The fraction of sp³-hybridized carbons (Fsp3) is 0.529. The maximum Gasteiger partial charge on any atom is 0.252 e. The average molecular weight is 374 g/mol. The number of anilines is 1. The number of amides is 2. The number of hydrogen-bond acceptors (Lipinski definition) is 3. The normalized spacial score (nSPS) is 16.0. The van der Waals surface area contributed by atoms with E-state index in [4.69, 9.17) is 11.6 Å². The van der Waals surface area contributed by atoms with Gasteiger partial charge in [-0.3, -0.25) is 9.59 Å². The standard InChI is InChI=1S/C17H24ClN3O2.ClH/c1-11(12-5-7-20-8-6-12)9-16(22)21-13-3-4-14(15(18)10-13)17(23)19-2;/h3-4,10-12,20H,5-9H2,1-2H3,(H,19,23)(H,21,22);1H. The first-order valence-electron chi connectivity index (χ1n) is 8.03. The fourth-order valence-corrected chi connectivity index (χ4v) is 3.26. The van der Waals surface area contributed by atoms with Crippen LogP contribution in [-0.2, 0) is 4.79 Å². The zero-order valence-corrected chi connectivity index (χ0v) is 15.6. The smallest absolute Gasteiger partial charge is 0.252 e. The highest BCUT2D eigenvalue weighted by molar-refractivity contribution is 6.34. The summed E-state index contributed by atoms with van der Waals surface area (Å²) in [5.41, 5.74) is 1.01. The lowest BCUT2D eigenvalue weighted by Gasteiger charge is -2.27. The predicted molar refractivity (Wildman–Crippen MR) is 100 cm³/mol. The average Bonchev–Trinajstić information content (AvgIpc) is 2.55. The molecular weight excluding hydrogens is 349 g/mol. The molecule has 24 heavy (non-hydrogen) atoms. The van der Waals surface area contributed by atoms with E-state index in [1.165, 1.54) is 0 Å². The summed E-state index contributed by atoms with van der Waals surface area (Å²) in [7, 11) is 1.55. The molecule has 1 aliphatic heterocycles. The molecule has 5 nitrogen and oxygen atoms in total. The van der Waals surface area contributed by atoms with E-state index >= 15 is 0 Å². The number of nitrogens with one attached hydrogen (secondary N) is 3. The number of carbonyl (C=O) groups excluding carboxylic acids is 2. The van der Waals surface area contributed by atoms with Gasteiger partial charge in [-0.25, -0.2) is 0 Å². The summed E-state index contributed by atoms with van der Waals surface area (Å²) in [5, 5.41) is 9.06. The first-order chi connectivity index (χ1) is 11.0. The molecule has 0 bridgehead atoms. The number of rotatable bonds is 5. The van der Waals surface area contributed by atoms with Gasteiger partial charge in [0.15, 0.2) is 0 Å². The molecule has 1 atom stereocenters. The van der Waals surface area contributed by atoms with Crippen LogP contribution in [0.5, 0.6) is 0 Å². The van der Waals surface area contributed by atoms with E-state index in [1.54, 1.807) is 25.2 Å². The number of carbonyl (C=O) groups is 2. The van der Waals surface area contributed by atoms with E-state index in [-0.39, 0.29) is 24.2 Å². The second kappa shape index (κ2) is 9.87. The molecule has 0 aliphatic carbocycles. The maximum absolute atomic E-state index is 12.2. The van der Waals surface area contributed by atoms with Crippen molar-refractivity contribution in [3.63, 3.8) is 0 Å². The first-order valence-corrected chi connectivity index (χ1v) is 8.41. The largest absolute Gasteiger partial charge is 0.355 e. The zero-order chi connectivity index (χ0) is 16.8. The van der Waals surface area contributed by atoms with Gasteiger partial charge in [0.05, 0.1) is 10.6 Å². The third-order valence-electron chi connectivity index (χ3n) is 4.42. The molecule has 0 spiro atoms. The van der Waals surface area contributed by atoms with Crippen LogP contribution in [-0.4, -0.2) is 32.0 Å². The maximum atomic E-state index is 12.2. The molecule has 0 radical (unpaired) electrons. The molecule has 1 aliphatic rings. The van der Waals surface area contributed by atoms with Crippen molar-refractivity contribution in [1.82, 2.24) is 10.6 Å². The van der Waals surface area contributed by atoms with Gasteiger partial charge in [-0.2, -0.15) is 0 Å². The Morgan fingerprint density at radius 1 is 1.33 bits per heavy atom. The van der Waals surface area contributed by atoms with E-state index in [2.05, 4.69) is 22.9 Å². The third kappa shape index (κ3) is 5.65. The molecule has 1 heterocycles. The minimum Gasteiger partial charge on any atom is -0.355 e. The molecule has 2 rings (SSSR count). The molecule has 1 saturated heterocycles. The van der Waals surface area contributed by atoms with Crippen molar-refractivity contribution in [2.45, 2.75) is 26.2 Å². The van der Waals surface area contributed by atoms with Crippen molar-refractivity contribution in [3.05, 3.63) is 28.8 Å². The molecule has 1 fully saturated rings. The summed E-state index contributed by atoms with van der Waals surface area (Å²) in [6.45, 7) is 4.21. The molecule has 1 aromatic carbocycles. The molecule has 1 unspecified atom stereocenters. The summed E-state index contributed by atoms with van der Waals surface area (Å²) in [6, 6.07) is 4.93. The van der Waals surface area contributed by atoms with Gasteiger partial charge in [0, 0.05) is 19.2 Å². The fourth-order valence-electron chi connectivity index (χ4n) is 3.00. The highest BCUT2D eigenvalue weighted by Crippen LogP contribution is 2.25. The van der Waals surface area contributed by atoms with Gasteiger partial charge in [-0.05, 0) is 56.0 Å². The molecule has 7 heteroatoms. The van der Waals surface area contributed by atoms with Crippen LogP contribution in [0.4, 0.5) is 5.69 Å². The van der Waals surface area contributed by atoms with Gasteiger partial charge in [0.1, 0.15) is 0 Å². The van der Waals surface area contributed by atoms with Gasteiger partial charge in [0.2, 0.25) is 5.91 Å². The molecule has 0 saturated carbocycles. The van der Waals surface area contributed by atoms with Crippen molar-refractivity contribution in [2.75, 3.05) is 25.5 Å². The minimum atomic E-state index is -0.243. The van der Waals surface area contributed by atoms with Crippen molar-refractivity contribution < 1.29 is 9.59 Å². The Morgan fingerprint density at radius 2 is 2.00 bits per heavy atom. The predicted octanol–water partition coefficient (Wildman–Crippen LogP) is 3.09. The van der Waals surface area contributed by atoms with Crippen LogP contribution < -0.4 is 16.0 Å². The van der Waals surface area contributed by atoms with Crippen molar-refractivity contribution in [1.29, 1.82) is 0 Å². The first kappa shape index (κ1) is 20.7. The lowest BCUT2D eigenvalue weighted by atomic mass is 9.84. The Morgan fingerprint density at radius 3 is 2.58 bits per heavy atom. The Hall–Kier alpha value is -1.30. The van der Waals surface area contributed by atoms with Crippen LogP contribution in [0, 0.1) is 11.8 Å². The minimum absolute atomic E-state index is 0. The van der Waals surface area contributed by atoms with Crippen LogP contribution in [0.25, 0.3) is 0 Å². The molecule has 134 valence electrons. The van der Waals surface area contributed by atoms with Crippen molar-refractivity contribution in [2.24, 2.45) is 11.8 Å². The Balaban J connectivity index is 0.00000288. The summed E-state index contributed by atoms with van der Waals surface area (Å²) in [4.78, 5) is 23.8. The van der Waals surface area contributed by atoms with Crippen LogP contribution in [0.3, 0.4) is 0 Å². The SMILES string of the molecule is CNC(=O)c1ccc(NC(=O)CC(C)C2CCNCC2)cc1Cl.Cl. The highest BCUT2D eigenvalue weighted by Gasteiger charge is 2.22. The zero-order valence-electron chi connectivity index (χ0n) is 14.0. The van der Waals surface area contributed by atoms with Gasteiger partial charge >= 0.3 is 0 Å². The number of benzene rings is 1. The molecule has 2 amide bonds. The third-order valence-corrected chi connectivity index (χ3v) is 4.73. The second-order valence-corrected chi connectivity index (χ2v) is 6.50.